The zero-order valence-corrected chi connectivity index (χ0v) is 9.71. The van der Waals surface area contributed by atoms with Crippen molar-refractivity contribution >= 4 is 0 Å². The van der Waals surface area contributed by atoms with Gasteiger partial charge in [0.05, 0.1) is 6.61 Å². The van der Waals surface area contributed by atoms with E-state index in [1.165, 1.54) is 12.1 Å². The molecule has 0 saturated carbocycles. The van der Waals surface area contributed by atoms with Crippen LogP contribution >= 0.6 is 0 Å². The molecule has 2 rings (SSSR count). The third kappa shape index (κ3) is 2.73. The minimum Gasteiger partial charge on any atom is -0.504 e. The molecule has 2 aromatic carbocycles. The lowest BCUT2D eigenvalue weighted by molar-refractivity contribution is 0.269. The second kappa shape index (κ2) is 5.42. The Balaban J connectivity index is 2.16. The number of rotatable bonds is 4. The van der Waals surface area contributed by atoms with Crippen LogP contribution in [0.4, 0.5) is 0 Å². The van der Waals surface area contributed by atoms with Gasteiger partial charge in [-0.3, -0.25) is 0 Å². The van der Waals surface area contributed by atoms with Crippen molar-refractivity contribution in [2.75, 3.05) is 0 Å². The first kappa shape index (κ1) is 12.3. The summed E-state index contributed by atoms with van der Waals surface area (Å²) >= 11 is 0. The summed E-state index contributed by atoms with van der Waals surface area (Å²) in [4.78, 5) is 0. The summed E-state index contributed by atoms with van der Waals surface area (Å²) in [5.41, 5.74) is 1.43. The van der Waals surface area contributed by atoms with Crippen molar-refractivity contribution < 1.29 is 20.1 Å². The number of hydrogen-bond acceptors (Lipinski definition) is 4. The number of benzene rings is 2. The molecule has 0 bridgehead atoms. The quantitative estimate of drug-likeness (QED) is 0.723. The second-order valence-electron chi connectivity index (χ2n) is 3.89. The van der Waals surface area contributed by atoms with Crippen molar-refractivity contribution in [3.63, 3.8) is 0 Å². The molecule has 4 heteroatoms. The van der Waals surface area contributed by atoms with E-state index in [1.54, 1.807) is 0 Å². The predicted octanol–water partition coefficient (Wildman–Crippen LogP) is 2.17. The molecule has 4 nitrogen and oxygen atoms in total. The first-order chi connectivity index (χ1) is 8.70. The van der Waals surface area contributed by atoms with Crippen molar-refractivity contribution in [1.82, 2.24) is 0 Å². The average molecular weight is 246 g/mol. The van der Waals surface area contributed by atoms with E-state index < -0.39 is 0 Å². The van der Waals surface area contributed by atoms with E-state index in [0.717, 1.165) is 5.56 Å². The van der Waals surface area contributed by atoms with Crippen LogP contribution in [0.1, 0.15) is 11.1 Å². The molecule has 2 aromatic rings. The zero-order chi connectivity index (χ0) is 13.0. The highest BCUT2D eigenvalue weighted by molar-refractivity contribution is 5.51. The predicted molar refractivity (Wildman–Crippen MR) is 66.5 cm³/mol. The monoisotopic (exact) mass is 246 g/mol. The Morgan fingerprint density at radius 3 is 2.33 bits per heavy atom. The molecule has 0 radical (unpaired) electrons. The highest BCUT2D eigenvalue weighted by atomic mass is 16.5. The number of aliphatic hydroxyl groups is 1. The van der Waals surface area contributed by atoms with Crippen LogP contribution in [-0.4, -0.2) is 15.3 Å². The Morgan fingerprint density at radius 2 is 1.67 bits per heavy atom. The van der Waals surface area contributed by atoms with Gasteiger partial charge in [0.15, 0.2) is 11.5 Å². The Hall–Kier alpha value is -2.20. The maximum absolute atomic E-state index is 9.64. The number of phenolic OH excluding ortho intramolecular Hbond substituents is 2. The maximum Gasteiger partial charge on any atom is 0.200 e. The lowest BCUT2D eigenvalue weighted by Gasteiger charge is -2.10. The Labute approximate surface area is 105 Å². The molecule has 0 saturated heterocycles. The first-order valence-corrected chi connectivity index (χ1v) is 5.53. The molecule has 94 valence electrons. The van der Waals surface area contributed by atoms with Gasteiger partial charge < -0.3 is 20.1 Å². The largest absolute Gasteiger partial charge is 0.504 e. The highest BCUT2D eigenvalue weighted by Crippen LogP contribution is 2.36. The van der Waals surface area contributed by atoms with Crippen LogP contribution in [0.3, 0.4) is 0 Å². The van der Waals surface area contributed by atoms with Crippen LogP contribution in [-0.2, 0) is 13.2 Å². The highest BCUT2D eigenvalue weighted by Gasteiger charge is 2.10. The molecule has 0 heterocycles. The van der Waals surface area contributed by atoms with Crippen LogP contribution in [0.15, 0.2) is 42.5 Å². The molecule has 18 heavy (non-hydrogen) atoms. The van der Waals surface area contributed by atoms with Gasteiger partial charge in [0.2, 0.25) is 5.75 Å². The molecule has 0 spiro atoms. The minimum atomic E-state index is -0.317. The smallest absolute Gasteiger partial charge is 0.200 e. The number of phenols is 2. The number of aliphatic hydroxyl groups excluding tert-OH is 1. The van der Waals surface area contributed by atoms with E-state index in [2.05, 4.69) is 0 Å². The molecular weight excluding hydrogens is 232 g/mol. The topological polar surface area (TPSA) is 69.9 Å². The molecule has 0 fully saturated rings. The number of hydrogen-bond donors (Lipinski definition) is 3. The molecule has 0 aliphatic heterocycles. The lowest BCUT2D eigenvalue weighted by Crippen LogP contribution is -1.96. The summed E-state index contributed by atoms with van der Waals surface area (Å²) in [5, 5.41) is 28.1. The van der Waals surface area contributed by atoms with Gasteiger partial charge in [-0.05, 0) is 23.3 Å². The zero-order valence-electron chi connectivity index (χ0n) is 9.71. The minimum absolute atomic E-state index is 0.155. The standard InChI is InChI=1S/C14H14O4/c15-8-11-6-12(16)14(17)13(7-11)18-9-10-4-2-1-3-5-10/h1-7,15-17H,8-9H2. The second-order valence-corrected chi connectivity index (χ2v) is 3.89. The Kier molecular flexibility index (Phi) is 3.69. The fraction of sp³-hybridized carbons (Fsp3) is 0.143. The summed E-state index contributed by atoms with van der Waals surface area (Å²) in [6.45, 7) is 0.0538. The van der Waals surface area contributed by atoms with Gasteiger partial charge in [-0.1, -0.05) is 30.3 Å². The van der Waals surface area contributed by atoms with E-state index in [-0.39, 0.29) is 30.5 Å². The summed E-state index contributed by atoms with van der Waals surface area (Å²) in [5.74, 6) is -0.462. The van der Waals surface area contributed by atoms with Crippen molar-refractivity contribution in [2.45, 2.75) is 13.2 Å². The summed E-state index contributed by atoms with van der Waals surface area (Å²) in [6.07, 6.45) is 0. The van der Waals surface area contributed by atoms with Crippen LogP contribution in [0.5, 0.6) is 17.2 Å². The summed E-state index contributed by atoms with van der Waals surface area (Å²) in [6, 6.07) is 12.3. The summed E-state index contributed by atoms with van der Waals surface area (Å²) in [7, 11) is 0. The van der Waals surface area contributed by atoms with Crippen molar-refractivity contribution in [3.05, 3.63) is 53.6 Å². The SMILES string of the molecule is OCc1cc(O)c(O)c(OCc2ccccc2)c1. The van der Waals surface area contributed by atoms with Gasteiger partial charge in [-0.15, -0.1) is 0 Å². The molecular formula is C14H14O4. The molecule has 3 N–H and O–H groups in total. The van der Waals surface area contributed by atoms with Crippen LogP contribution in [0, 0.1) is 0 Å². The molecule has 0 amide bonds. The normalized spacial score (nSPS) is 10.3. The lowest BCUT2D eigenvalue weighted by atomic mass is 10.2. The fourth-order valence-electron chi connectivity index (χ4n) is 1.59. The van der Waals surface area contributed by atoms with Gasteiger partial charge in [0.25, 0.3) is 0 Å². The van der Waals surface area contributed by atoms with Gasteiger partial charge in [-0.2, -0.15) is 0 Å². The van der Waals surface area contributed by atoms with Crippen LogP contribution < -0.4 is 4.74 Å². The maximum atomic E-state index is 9.64. The first-order valence-electron chi connectivity index (χ1n) is 5.53. The molecule has 0 aromatic heterocycles. The van der Waals surface area contributed by atoms with Crippen LogP contribution in [0.25, 0.3) is 0 Å². The van der Waals surface area contributed by atoms with E-state index in [4.69, 9.17) is 9.84 Å². The van der Waals surface area contributed by atoms with Gasteiger partial charge in [0, 0.05) is 0 Å². The summed E-state index contributed by atoms with van der Waals surface area (Å²) < 4.78 is 5.43. The number of aromatic hydroxyl groups is 2. The van der Waals surface area contributed by atoms with E-state index in [1.807, 2.05) is 30.3 Å². The van der Waals surface area contributed by atoms with Crippen molar-refractivity contribution in [1.29, 1.82) is 0 Å². The third-order valence-corrected chi connectivity index (χ3v) is 2.53. The molecule has 0 unspecified atom stereocenters. The van der Waals surface area contributed by atoms with E-state index >= 15 is 0 Å². The third-order valence-electron chi connectivity index (χ3n) is 2.53. The molecule has 0 atom stereocenters. The Morgan fingerprint density at radius 1 is 0.944 bits per heavy atom. The Bertz CT molecular complexity index is 523. The van der Waals surface area contributed by atoms with Crippen molar-refractivity contribution in [2.24, 2.45) is 0 Å². The van der Waals surface area contributed by atoms with Crippen LogP contribution in [0.2, 0.25) is 0 Å². The average Bonchev–Trinajstić information content (AvgIpc) is 2.41. The van der Waals surface area contributed by atoms with Gasteiger partial charge in [-0.25, -0.2) is 0 Å². The van der Waals surface area contributed by atoms with Gasteiger partial charge in [0.1, 0.15) is 6.61 Å². The molecule has 0 aliphatic rings. The number of ether oxygens (including phenoxy) is 1. The molecule has 0 aliphatic carbocycles. The van der Waals surface area contributed by atoms with E-state index in [9.17, 15) is 10.2 Å². The van der Waals surface area contributed by atoms with E-state index in [0.29, 0.717) is 5.56 Å². The van der Waals surface area contributed by atoms with Gasteiger partial charge >= 0.3 is 0 Å². The van der Waals surface area contributed by atoms with Crippen molar-refractivity contribution in [3.8, 4) is 17.2 Å². The fourth-order valence-corrected chi connectivity index (χ4v) is 1.59.